The molecule has 6 amide bonds. The predicted molar refractivity (Wildman–Crippen MR) is 108 cm³/mol. The van der Waals surface area contributed by atoms with E-state index in [1.807, 2.05) is 0 Å². The van der Waals surface area contributed by atoms with E-state index >= 15 is 0 Å². The maximum absolute atomic E-state index is 12.4. The van der Waals surface area contributed by atoms with Crippen molar-refractivity contribution in [3.63, 3.8) is 0 Å². The van der Waals surface area contributed by atoms with Crippen molar-refractivity contribution in [1.82, 2.24) is 16.0 Å². The zero-order chi connectivity index (χ0) is 25.0. The van der Waals surface area contributed by atoms with Gasteiger partial charge in [-0.05, 0) is 19.8 Å². The number of nitrogens with one attached hydrogen (secondary N) is 3. The number of hydrogen-bond acceptors (Lipinski definition) is 8. The lowest BCUT2D eigenvalue weighted by Gasteiger charge is -2.22. The number of aliphatic carboxylic acids is 1. The lowest BCUT2D eigenvalue weighted by atomic mass is 10.1. The van der Waals surface area contributed by atoms with E-state index in [4.69, 9.17) is 28.0 Å². The minimum atomic E-state index is -1.49. The van der Waals surface area contributed by atoms with Crippen molar-refractivity contribution in [3.8, 4) is 0 Å². The Balaban J connectivity index is 5.07. The molecule has 0 saturated carbocycles. The second-order valence-corrected chi connectivity index (χ2v) is 6.98. The van der Waals surface area contributed by atoms with Crippen LogP contribution in [0.3, 0.4) is 0 Å². The quantitative estimate of drug-likeness (QED) is 0.116. The molecule has 0 saturated heterocycles. The van der Waals surface area contributed by atoms with Gasteiger partial charge in [-0.3, -0.25) is 28.8 Å². The van der Waals surface area contributed by atoms with Crippen LogP contribution in [0.1, 0.15) is 39.0 Å². The third-order valence-corrected chi connectivity index (χ3v) is 4.12. The van der Waals surface area contributed by atoms with E-state index in [0.717, 1.165) is 0 Å². The van der Waals surface area contributed by atoms with Gasteiger partial charge in [0.15, 0.2) is 0 Å². The summed E-state index contributed by atoms with van der Waals surface area (Å²) in [7, 11) is 0. The first-order valence-corrected chi connectivity index (χ1v) is 9.49. The number of carbonyl (C=O) groups excluding carboxylic acids is 6. The highest BCUT2D eigenvalue weighted by atomic mass is 16.4. The SMILES string of the molecule is CC(NC(=O)C(CC(N)=O)NC(=O)C(N)CCC(N)=O)C(=O)NC(CCC(N)=O)C(=O)O. The highest BCUT2D eigenvalue weighted by Crippen LogP contribution is 2.01. The normalized spacial score (nSPS) is 14.2. The Morgan fingerprint density at radius 2 is 1.22 bits per heavy atom. The molecule has 0 radical (unpaired) electrons. The second kappa shape index (κ2) is 13.5. The Labute approximate surface area is 183 Å². The van der Waals surface area contributed by atoms with Crippen molar-refractivity contribution in [3.05, 3.63) is 0 Å². The molecule has 0 heterocycles. The monoisotopic (exact) mass is 459 g/mol. The first-order valence-electron chi connectivity index (χ1n) is 9.49. The lowest BCUT2D eigenvalue weighted by Crippen LogP contribution is -2.57. The van der Waals surface area contributed by atoms with Crippen LogP contribution in [0.2, 0.25) is 0 Å². The number of carbonyl (C=O) groups is 7. The van der Waals surface area contributed by atoms with Crippen LogP contribution in [0.4, 0.5) is 0 Å². The molecular weight excluding hydrogens is 430 g/mol. The molecule has 0 aromatic rings. The van der Waals surface area contributed by atoms with E-state index in [1.54, 1.807) is 0 Å². The molecular formula is C17H29N7O8. The predicted octanol–water partition coefficient (Wildman–Crippen LogP) is -4.72. The van der Waals surface area contributed by atoms with Gasteiger partial charge in [-0.2, -0.15) is 0 Å². The summed E-state index contributed by atoms with van der Waals surface area (Å²) < 4.78 is 0. The minimum Gasteiger partial charge on any atom is -0.480 e. The zero-order valence-electron chi connectivity index (χ0n) is 17.5. The number of rotatable bonds is 15. The number of carboxylic acid groups (broad SMARTS) is 1. The smallest absolute Gasteiger partial charge is 0.326 e. The van der Waals surface area contributed by atoms with Gasteiger partial charge < -0.3 is 44.0 Å². The van der Waals surface area contributed by atoms with Crippen LogP contribution in [0.25, 0.3) is 0 Å². The maximum atomic E-state index is 12.4. The Morgan fingerprint density at radius 3 is 1.69 bits per heavy atom. The summed E-state index contributed by atoms with van der Waals surface area (Å²) in [6.45, 7) is 1.22. The maximum Gasteiger partial charge on any atom is 0.326 e. The summed E-state index contributed by atoms with van der Waals surface area (Å²) in [6, 6.07) is -5.40. The summed E-state index contributed by atoms with van der Waals surface area (Å²) in [4.78, 5) is 80.9. The fraction of sp³-hybridized carbons (Fsp3) is 0.588. The van der Waals surface area contributed by atoms with Crippen LogP contribution >= 0.6 is 0 Å². The third-order valence-electron chi connectivity index (χ3n) is 4.12. The highest BCUT2D eigenvalue weighted by Gasteiger charge is 2.29. The molecule has 0 aromatic heterocycles. The van der Waals surface area contributed by atoms with Crippen LogP contribution in [0, 0.1) is 0 Å². The van der Waals surface area contributed by atoms with Gasteiger partial charge in [-0.1, -0.05) is 0 Å². The van der Waals surface area contributed by atoms with Gasteiger partial charge in [0.2, 0.25) is 35.4 Å². The first kappa shape index (κ1) is 28.2. The Bertz CT molecular complexity index is 757. The van der Waals surface area contributed by atoms with E-state index < -0.39 is 72.0 Å². The fourth-order valence-corrected chi connectivity index (χ4v) is 2.34. The van der Waals surface area contributed by atoms with Gasteiger partial charge in [0.05, 0.1) is 12.5 Å². The average Bonchev–Trinajstić information content (AvgIpc) is 2.67. The number of amides is 6. The first-order chi connectivity index (χ1) is 14.7. The molecule has 0 aromatic carbocycles. The number of nitrogens with two attached hydrogens (primary N) is 4. The number of hydrogen-bond donors (Lipinski definition) is 8. The molecule has 4 atom stereocenters. The highest BCUT2D eigenvalue weighted by molar-refractivity contribution is 5.96. The molecule has 0 aliphatic carbocycles. The Hall–Kier alpha value is -3.75. The van der Waals surface area contributed by atoms with Crippen LogP contribution in [0.15, 0.2) is 0 Å². The van der Waals surface area contributed by atoms with E-state index in [9.17, 15) is 33.6 Å². The molecule has 4 unspecified atom stereocenters. The average molecular weight is 459 g/mol. The topological polar surface area (TPSA) is 280 Å². The van der Waals surface area contributed by atoms with Crippen LogP contribution in [-0.2, 0) is 33.6 Å². The van der Waals surface area contributed by atoms with Gasteiger partial charge >= 0.3 is 5.97 Å². The zero-order valence-corrected chi connectivity index (χ0v) is 17.5. The number of carboxylic acids is 1. The van der Waals surface area contributed by atoms with Crippen LogP contribution in [-0.4, -0.2) is 70.7 Å². The number of primary amides is 3. The summed E-state index contributed by atoms with van der Waals surface area (Å²) >= 11 is 0. The van der Waals surface area contributed by atoms with Crippen molar-refractivity contribution in [1.29, 1.82) is 0 Å². The molecule has 15 nitrogen and oxygen atoms in total. The van der Waals surface area contributed by atoms with Crippen molar-refractivity contribution in [2.75, 3.05) is 0 Å². The third kappa shape index (κ3) is 11.4. The van der Waals surface area contributed by atoms with Gasteiger partial charge in [-0.15, -0.1) is 0 Å². The largest absolute Gasteiger partial charge is 0.480 e. The van der Waals surface area contributed by atoms with Gasteiger partial charge in [0.25, 0.3) is 0 Å². The summed E-state index contributed by atoms with van der Waals surface area (Å²) in [6.07, 6.45) is -1.46. The minimum absolute atomic E-state index is 0.104. The Morgan fingerprint density at radius 1 is 0.719 bits per heavy atom. The van der Waals surface area contributed by atoms with Crippen molar-refractivity contribution in [2.24, 2.45) is 22.9 Å². The molecule has 15 heteroatoms. The van der Waals surface area contributed by atoms with Crippen molar-refractivity contribution in [2.45, 2.75) is 63.2 Å². The fourth-order valence-electron chi connectivity index (χ4n) is 2.34. The van der Waals surface area contributed by atoms with Crippen molar-refractivity contribution >= 4 is 41.4 Å². The lowest BCUT2D eigenvalue weighted by molar-refractivity contribution is -0.142. The molecule has 0 aliphatic heterocycles. The summed E-state index contributed by atoms with van der Waals surface area (Å²) in [5.41, 5.74) is 20.6. The summed E-state index contributed by atoms with van der Waals surface area (Å²) in [5, 5.41) is 15.7. The van der Waals surface area contributed by atoms with Crippen LogP contribution < -0.4 is 38.9 Å². The molecule has 0 fully saturated rings. The molecule has 0 rings (SSSR count). The molecule has 0 spiro atoms. The van der Waals surface area contributed by atoms with Crippen molar-refractivity contribution < 1.29 is 38.7 Å². The van der Waals surface area contributed by atoms with Gasteiger partial charge in [-0.25, -0.2) is 4.79 Å². The second-order valence-electron chi connectivity index (χ2n) is 6.98. The van der Waals surface area contributed by atoms with E-state index in [0.29, 0.717) is 0 Å². The van der Waals surface area contributed by atoms with Gasteiger partial charge in [0.1, 0.15) is 18.1 Å². The molecule has 0 aliphatic rings. The standard InChI is InChI=1S/C17H29N7O8/c1-7(14(28)23-9(17(31)32)3-5-12(20)26)22-16(30)10(6-13(21)27)24-15(29)8(18)2-4-11(19)25/h7-10H,2-6,18H2,1H3,(H2,19,25)(H2,20,26)(H2,21,27)(H,22,30)(H,23,28)(H,24,29)(H,31,32). The molecule has 0 bridgehead atoms. The molecule has 180 valence electrons. The van der Waals surface area contributed by atoms with E-state index in [1.165, 1.54) is 6.92 Å². The Kier molecular flexibility index (Phi) is 11.9. The van der Waals surface area contributed by atoms with E-state index in [2.05, 4.69) is 16.0 Å². The van der Waals surface area contributed by atoms with E-state index in [-0.39, 0.29) is 25.7 Å². The molecule has 32 heavy (non-hydrogen) atoms. The summed E-state index contributed by atoms with van der Waals surface area (Å²) in [5.74, 6) is -6.53. The van der Waals surface area contributed by atoms with Gasteiger partial charge in [0, 0.05) is 12.8 Å². The van der Waals surface area contributed by atoms with Crippen LogP contribution in [0.5, 0.6) is 0 Å². The molecule has 12 N–H and O–H groups in total.